The van der Waals surface area contributed by atoms with E-state index < -0.39 is 19.2 Å². The molecule has 0 atom stereocenters. The maximum Gasteiger partial charge on any atom is 0.573 e. The lowest BCUT2D eigenvalue weighted by Gasteiger charge is -2.15. The van der Waals surface area contributed by atoms with E-state index in [1.165, 1.54) is 6.07 Å². The Morgan fingerprint density at radius 1 is 1.04 bits per heavy atom. The molecule has 0 saturated heterocycles. The van der Waals surface area contributed by atoms with Crippen LogP contribution >= 0.6 is 0 Å². The summed E-state index contributed by atoms with van der Waals surface area (Å²) in [4.78, 5) is 0. The van der Waals surface area contributed by atoms with Crippen LogP contribution in [-0.2, 0) is 6.54 Å². The highest BCUT2D eigenvalue weighted by molar-refractivity contribution is 6.58. The van der Waals surface area contributed by atoms with Gasteiger partial charge in [-0.2, -0.15) is 0 Å². The molecular weight excluding hydrogens is 312 g/mol. The smallest absolute Gasteiger partial charge is 0.423 e. The number of alkyl halides is 3. The number of anilines is 1. The minimum atomic E-state index is -4.83. The van der Waals surface area contributed by atoms with Crippen molar-refractivity contribution in [1.82, 2.24) is 5.43 Å². The Bertz CT molecular complexity index is 639. The summed E-state index contributed by atoms with van der Waals surface area (Å²) in [7, 11) is -1.78. The van der Waals surface area contributed by atoms with Crippen molar-refractivity contribution in [3.8, 4) is 5.75 Å². The van der Waals surface area contributed by atoms with Gasteiger partial charge in [0.1, 0.15) is 5.75 Å². The number of ether oxygens (including phenoxy) is 1. The second-order valence-corrected chi connectivity index (χ2v) is 4.63. The molecule has 2 aromatic carbocycles. The molecule has 2 aromatic rings. The SMILES string of the molecule is OB(O)c1ccc(OC(F)(F)F)c(CNNc2ccccc2)c1. The average Bonchev–Trinajstić information content (AvgIpc) is 2.48. The molecule has 0 aliphatic carbocycles. The third kappa shape index (κ3) is 5.48. The van der Waals surface area contributed by atoms with Gasteiger partial charge in [-0.05, 0) is 23.7 Å². The summed E-state index contributed by atoms with van der Waals surface area (Å²) in [5.74, 6) is -0.413. The average molecular weight is 326 g/mol. The monoisotopic (exact) mass is 326 g/mol. The molecule has 0 radical (unpaired) electrons. The standard InChI is InChI=1S/C14H14BF3N2O3/c16-14(17,18)23-13-7-6-11(15(21)22)8-10(13)9-19-20-12-4-2-1-3-5-12/h1-8,19-22H,9H2. The maximum atomic E-state index is 12.4. The quantitative estimate of drug-likeness (QED) is 0.477. The number of para-hydroxylation sites is 1. The first-order valence-corrected chi connectivity index (χ1v) is 6.64. The highest BCUT2D eigenvalue weighted by atomic mass is 19.4. The third-order valence-electron chi connectivity index (χ3n) is 2.89. The molecule has 2 rings (SSSR count). The Morgan fingerprint density at radius 3 is 2.35 bits per heavy atom. The van der Waals surface area contributed by atoms with Crippen LogP contribution in [0.5, 0.6) is 5.75 Å². The summed E-state index contributed by atoms with van der Waals surface area (Å²) in [6, 6.07) is 12.4. The summed E-state index contributed by atoms with van der Waals surface area (Å²) >= 11 is 0. The van der Waals surface area contributed by atoms with Crippen molar-refractivity contribution in [2.24, 2.45) is 0 Å². The van der Waals surface area contributed by atoms with Crippen LogP contribution < -0.4 is 21.1 Å². The van der Waals surface area contributed by atoms with E-state index in [9.17, 15) is 13.2 Å². The molecule has 23 heavy (non-hydrogen) atoms. The van der Waals surface area contributed by atoms with Gasteiger partial charge in [0.25, 0.3) is 0 Å². The number of halogens is 3. The van der Waals surface area contributed by atoms with Gasteiger partial charge in [-0.1, -0.05) is 30.3 Å². The molecule has 4 N–H and O–H groups in total. The van der Waals surface area contributed by atoms with Gasteiger partial charge in [0, 0.05) is 17.8 Å². The topological polar surface area (TPSA) is 73.8 Å². The van der Waals surface area contributed by atoms with Crippen molar-refractivity contribution in [2.75, 3.05) is 5.43 Å². The van der Waals surface area contributed by atoms with Gasteiger partial charge in [-0.25, -0.2) is 5.43 Å². The van der Waals surface area contributed by atoms with E-state index in [1.54, 1.807) is 24.3 Å². The first-order chi connectivity index (χ1) is 10.8. The molecule has 0 heterocycles. The van der Waals surface area contributed by atoms with Gasteiger partial charge < -0.3 is 20.2 Å². The molecule has 0 bridgehead atoms. The van der Waals surface area contributed by atoms with E-state index in [4.69, 9.17) is 10.0 Å². The highest BCUT2D eigenvalue weighted by Crippen LogP contribution is 2.25. The first kappa shape index (κ1) is 17.1. The molecule has 0 saturated carbocycles. The van der Waals surface area contributed by atoms with E-state index in [0.717, 1.165) is 17.8 Å². The Balaban J connectivity index is 2.11. The predicted octanol–water partition coefficient (Wildman–Crippen LogP) is 1.38. The lowest BCUT2D eigenvalue weighted by atomic mass is 9.79. The van der Waals surface area contributed by atoms with E-state index in [2.05, 4.69) is 15.6 Å². The van der Waals surface area contributed by atoms with Crippen molar-refractivity contribution >= 4 is 18.3 Å². The maximum absolute atomic E-state index is 12.4. The van der Waals surface area contributed by atoms with Crippen LogP contribution in [0.25, 0.3) is 0 Å². The lowest BCUT2D eigenvalue weighted by Crippen LogP contribution is -2.31. The fourth-order valence-electron chi connectivity index (χ4n) is 1.89. The van der Waals surface area contributed by atoms with Gasteiger partial charge >= 0.3 is 13.5 Å². The molecule has 9 heteroatoms. The van der Waals surface area contributed by atoms with Crippen LogP contribution in [-0.4, -0.2) is 23.5 Å². The van der Waals surface area contributed by atoms with Crippen LogP contribution in [0.3, 0.4) is 0 Å². The van der Waals surface area contributed by atoms with E-state index >= 15 is 0 Å². The summed E-state index contributed by atoms with van der Waals surface area (Å²) < 4.78 is 41.2. The molecule has 0 aromatic heterocycles. The Labute approximate surface area is 130 Å². The Morgan fingerprint density at radius 2 is 1.74 bits per heavy atom. The number of hydrazine groups is 1. The van der Waals surface area contributed by atoms with E-state index in [1.807, 2.05) is 6.07 Å². The van der Waals surface area contributed by atoms with Crippen LogP contribution in [0.2, 0.25) is 0 Å². The zero-order valence-corrected chi connectivity index (χ0v) is 11.8. The van der Waals surface area contributed by atoms with Crippen molar-refractivity contribution < 1.29 is 28.0 Å². The summed E-state index contributed by atoms with van der Waals surface area (Å²) in [6.07, 6.45) is -4.83. The van der Waals surface area contributed by atoms with Gasteiger partial charge in [0.15, 0.2) is 0 Å². The van der Waals surface area contributed by atoms with E-state index in [-0.39, 0.29) is 17.6 Å². The minimum absolute atomic E-state index is 0.0269. The van der Waals surface area contributed by atoms with Crippen LogP contribution in [0, 0.1) is 0 Å². The Hall–Kier alpha value is -2.23. The largest absolute Gasteiger partial charge is 0.573 e. The molecule has 122 valence electrons. The summed E-state index contributed by atoms with van der Waals surface area (Å²) in [6.45, 7) is -0.0269. The van der Waals surface area contributed by atoms with Crippen molar-refractivity contribution in [1.29, 1.82) is 0 Å². The second kappa shape index (κ2) is 7.36. The van der Waals surface area contributed by atoms with Crippen LogP contribution in [0.15, 0.2) is 48.5 Å². The molecule has 0 fully saturated rings. The number of hydrogen-bond donors (Lipinski definition) is 4. The fraction of sp³-hybridized carbons (Fsp3) is 0.143. The number of nitrogens with one attached hydrogen (secondary N) is 2. The van der Waals surface area contributed by atoms with Gasteiger partial charge in [0.2, 0.25) is 0 Å². The molecule has 0 spiro atoms. The van der Waals surface area contributed by atoms with Crippen molar-refractivity contribution in [3.63, 3.8) is 0 Å². The number of hydrogen-bond acceptors (Lipinski definition) is 5. The van der Waals surface area contributed by atoms with Crippen LogP contribution in [0.1, 0.15) is 5.56 Å². The Kier molecular flexibility index (Phi) is 5.48. The van der Waals surface area contributed by atoms with E-state index in [0.29, 0.717) is 0 Å². The third-order valence-corrected chi connectivity index (χ3v) is 2.89. The first-order valence-electron chi connectivity index (χ1n) is 6.64. The highest BCUT2D eigenvalue weighted by Gasteiger charge is 2.32. The number of benzene rings is 2. The van der Waals surface area contributed by atoms with Gasteiger partial charge in [0.05, 0.1) is 0 Å². The van der Waals surface area contributed by atoms with Crippen molar-refractivity contribution in [2.45, 2.75) is 12.9 Å². The van der Waals surface area contributed by atoms with Crippen LogP contribution in [0.4, 0.5) is 18.9 Å². The summed E-state index contributed by atoms with van der Waals surface area (Å²) in [5.41, 5.74) is 6.48. The lowest BCUT2D eigenvalue weighted by molar-refractivity contribution is -0.274. The second-order valence-electron chi connectivity index (χ2n) is 4.63. The summed E-state index contributed by atoms with van der Waals surface area (Å²) in [5, 5.41) is 18.3. The normalized spacial score (nSPS) is 11.2. The van der Waals surface area contributed by atoms with Gasteiger partial charge in [-0.3, -0.25) is 0 Å². The zero-order valence-electron chi connectivity index (χ0n) is 11.8. The zero-order chi connectivity index (χ0) is 16.9. The number of rotatable bonds is 6. The molecule has 5 nitrogen and oxygen atoms in total. The molecule has 0 unspecified atom stereocenters. The van der Waals surface area contributed by atoms with Crippen molar-refractivity contribution in [3.05, 3.63) is 54.1 Å². The minimum Gasteiger partial charge on any atom is -0.423 e. The fourth-order valence-corrected chi connectivity index (χ4v) is 1.89. The predicted molar refractivity (Wildman–Crippen MR) is 79.9 cm³/mol. The molecule has 0 aliphatic rings. The van der Waals surface area contributed by atoms with Gasteiger partial charge in [-0.15, -0.1) is 13.2 Å². The molecule has 0 aliphatic heterocycles. The molecular formula is C14H14BF3N2O3. The molecule has 0 amide bonds.